The maximum atomic E-state index is 12.6. The zero-order valence-electron chi connectivity index (χ0n) is 9.12. The Labute approximate surface area is 111 Å². The summed E-state index contributed by atoms with van der Waals surface area (Å²) in [4.78, 5) is 11.1. The van der Waals surface area contributed by atoms with Crippen LogP contribution in [0.1, 0.15) is 21.5 Å². The minimum absolute atomic E-state index is 0.297. The number of hydrogen-bond acceptors (Lipinski definition) is 2. The number of halogens is 7. The third-order valence-electron chi connectivity index (χ3n) is 2.10. The lowest BCUT2D eigenvalue weighted by molar-refractivity contribution is -0.144. The highest BCUT2D eigenvalue weighted by molar-refractivity contribution is 9.10. The molecular weight excluding hydrogens is 346 g/mol. The molecule has 1 aromatic carbocycles. The Morgan fingerprint density at radius 3 is 1.68 bits per heavy atom. The van der Waals surface area contributed by atoms with E-state index < -0.39 is 39.5 Å². The Bertz CT molecular complexity index is 471. The van der Waals surface area contributed by atoms with E-state index in [1.165, 1.54) is 0 Å². The van der Waals surface area contributed by atoms with Crippen LogP contribution in [0.3, 0.4) is 0 Å². The highest BCUT2D eigenvalue weighted by Gasteiger charge is 2.41. The number of esters is 1. The number of benzene rings is 1. The molecule has 0 aliphatic heterocycles. The number of carbonyl (C=O) groups excluding carboxylic acids is 1. The van der Waals surface area contributed by atoms with Crippen molar-refractivity contribution in [3.63, 3.8) is 0 Å². The molecule has 0 radical (unpaired) electrons. The minimum Gasteiger partial charge on any atom is -0.465 e. The molecule has 9 heteroatoms. The van der Waals surface area contributed by atoms with E-state index in [1.54, 1.807) is 0 Å². The molecule has 0 aromatic heterocycles. The molecule has 0 saturated heterocycles. The standard InChI is InChI=1S/C10H5BrF6O2/c1-19-8(18)4-2-5(9(12,13)14)7(11)6(3-4)10(15,16)17/h2-3H,1H3. The summed E-state index contributed by atoms with van der Waals surface area (Å²) in [6, 6.07) is 0.594. The van der Waals surface area contributed by atoms with Gasteiger partial charge in [0.25, 0.3) is 0 Å². The lowest BCUT2D eigenvalue weighted by Crippen LogP contribution is -2.15. The highest BCUT2D eigenvalue weighted by atomic mass is 79.9. The first-order valence-corrected chi connectivity index (χ1v) is 5.34. The molecule has 1 rings (SSSR count). The Morgan fingerprint density at radius 1 is 1.05 bits per heavy atom. The Hall–Kier alpha value is -1.25. The molecule has 0 fully saturated rings. The summed E-state index contributed by atoms with van der Waals surface area (Å²) in [6.07, 6.45) is -10.1. The van der Waals surface area contributed by atoms with Crippen LogP contribution in [-0.4, -0.2) is 13.1 Å². The molecule has 0 amide bonds. The minimum atomic E-state index is -5.04. The van der Waals surface area contributed by atoms with Gasteiger partial charge in [0, 0.05) is 4.47 Å². The van der Waals surface area contributed by atoms with Crippen molar-refractivity contribution in [2.24, 2.45) is 0 Å². The molecule has 1 aromatic rings. The summed E-state index contributed by atoms with van der Waals surface area (Å²) >= 11 is 2.27. The monoisotopic (exact) mass is 350 g/mol. The molecular formula is C10H5BrF6O2. The summed E-state index contributed by atoms with van der Waals surface area (Å²) < 4.78 is 78.6. The molecule has 0 heterocycles. The summed E-state index contributed by atoms with van der Waals surface area (Å²) in [5.74, 6) is -1.29. The SMILES string of the molecule is COC(=O)c1cc(C(F)(F)F)c(Br)c(C(F)(F)F)c1. The van der Waals surface area contributed by atoms with E-state index in [2.05, 4.69) is 20.7 Å². The van der Waals surface area contributed by atoms with Crippen molar-refractivity contribution in [2.45, 2.75) is 12.4 Å². The Balaban J connectivity index is 3.62. The number of methoxy groups -OCH3 is 1. The molecule has 0 unspecified atom stereocenters. The summed E-state index contributed by atoms with van der Waals surface area (Å²) in [6.45, 7) is 0. The molecule has 2 nitrogen and oxygen atoms in total. The van der Waals surface area contributed by atoms with E-state index in [0.717, 1.165) is 7.11 Å². The average Bonchev–Trinajstić information content (AvgIpc) is 2.25. The molecule has 0 saturated carbocycles. The van der Waals surface area contributed by atoms with Crippen molar-refractivity contribution >= 4 is 21.9 Å². The van der Waals surface area contributed by atoms with Crippen LogP contribution in [0.4, 0.5) is 26.3 Å². The van der Waals surface area contributed by atoms with Gasteiger partial charge < -0.3 is 4.74 Å². The number of ether oxygens (including phenoxy) is 1. The summed E-state index contributed by atoms with van der Waals surface area (Å²) in [7, 11) is 0.852. The second-order valence-corrected chi connectivity index (χ2v) is 4.17. The van der Waals surface area contributed by atoms with Crippen LogP contribution in [-0.2, 0) is 17.1 Å². The molecule has 106 valence electrons. The first-order valence-electron chi connectivity index (χ1n) is 4.54. The van der Waals surface area contributed by atoms with Crippen molar-refractivity contribution in [1.29, 1.82) is 0 Å². The van der Waals surface area contributed by atoms with Gasteiger partial charge in [-0.2, -0.15) is 26.3 Å². The molecule has 0 atom stereocenters. The van der Waals surface area contributed by atoms with Crippen LogP contribution in [0.15, 0.2) is 16.6 Å². The van der Waals surface area contributed by atoms with Gasteiger partial charge in [0.15, 0.2) is 0 Å². The van der Waals surface area contributed by atoms with Gasteiger partial charge in [-0.3, -0.25) is 0 Å². The fraction of sp³-hybridized carbons (Fsp3) is 0.300. The van der Waals surface area contributed by atoms with Gasteiger partial charge in [-0.05, 0) is 28.1 Å². The lowest BCUT2D eigenvalue weighted by atomic mass is 10.0. The molecule has 0 aliphatic rings. The van der Waals surface area contributed by atoms with Crippen LogP contribution in [0.2, 0.25) is 0 Å². The Morgan fingerprint density at radius 2 is 1.42 bits per heavy atom. The van der Waals surface area contributed by atoms with Crippen molar-refractivity contribution in [2.75, 3.05) is 7.11 Å². The largest absolute Gasteiger partial charge is 0.465 e. The van der Waals surface area contributed by atoms with E-state index in [0.29, 0.717) is 12.1 Å². The quantitative estimate of drug-likeness (QED) is 0.558. The summed E-state index contributed by atoms with van der Waals surface area (Å²) in [5, 5.41) is 0. The van der Waals surface area contributed by atoms with Crippen molar-refractivity contribution in [3.05, 3.63) is 33.3 Å². The van der Waals surface area contributed by atoms with Gasteiger partial charge in [0.2, 0.25) is 0 Å². The predicted molar refractivity (Wildman–Crippen MR) is 55.5 cm³/mol. The van der Waals surface area contributed by atoms with Gasteiger partial charge in [-0.1, -0.05) is 0 Å². The fourth-order valence-corrected chi connectivity index (χ4v) is 1.95. The number of hydrogen-bond donors (Lipinski definition) is 0. The average molecular weight is 351 g/mol. The van der Waals surface area contributed by atoms with Crippen molar-refractivity contribution < 1.29 is 35.9 Å². The molecule has 19 heavy (non-hydrogen) atoms. The van der Waals surface area contributed by atoms with Crippen LogP contribution in [0, 0.1) is 0 Å². The smallest absolute Gasteiger partial charge is 0.417 e. The van der Waals surface area contributed by atoms with E-state index in [-0.39, 0.29) is 0 Å². The number of alkyl halides is 6. The lowest BCUT2D eigenvalue weighted by Gasteiger charge is -2.16. The third-order valence-corrected chi connectivity index (χ3v) is 2.96. The second-order valence-electron chi connectivity index (χ2n) is 3.37. The summed E-state index contributed by atoms with van der Waals surface area (Å²) in [5.41, 5.74) is -4.02. The van der Waals surface area contributed by atoms with Gasteiger partial charge in [0.05, 0.1) is 23.8 Å². The van der Waals surface area contributed by atoms with Gasteiger partial charge in [-0.15, -0.1) is 0 Å². The number of rotatable bonds is 1. The van der Waals surface area contributed by atoms with E-state index >= 15 is 0 Å². The number of carbonyl (C=O) groups is 1. The molecule has 0 bridgehead atoms. The first-order chi connectivity index (χ1) is 8.48. The van der Waals surface area contributed by atoms with Crippen LogP contribution in [0.5, 0.6) is 0 Å². The van der Waals surface area contributed by atoms with Gasteiger partial charge in [0.1, 0.15) is 0 Å². The normalized spacial score (nSPS) is 12.4. The zero-order chi connectivity index (χ0) is 15.0. The maximum absolute atomic E-state index is 12.6. The molecule has 0 N–H and O–H groups in total. The van der Waals surface area contributed by atoms with E-state index in [9.17, 15) is 31.1 Å². The highest BCUT2D eigenvalue weighted by Crippen LogP contribution is 2.43. The van der Waals surface area contributed by atoms with Gasteiger partial charge in [-0.25, -0.2) is 4.79 Å². The Kier molecular flexibility index (Phi) is 4.18. The fourth-order valence-electron chi connectivity index (χ4n) is 1.27. The van der Waals surface area contributed by atoms with E-state index in [1.807, 2.05) is 0 Å². The predicted octanol–water partition coefficient (Wildman–Crippen LogP) is 4.27. The topological polar surface area (TPSA) is 26.3 Å². The first kappa shape index (κ1) is 15.8. The second kappa shape index (κ2) is 5.03. The molecule has 0 aliphatic carbocycles. The van der Waals surface area contributed by atoms with Crippen molar-refractivity contribution in [1.82, 2.24) is 0 Å². The van der Waals surface area contributed by atoms with Crippen LogP contribution in [0.25, 0.3) is 0 Å². The van der Waals surface area contributed by atoms with Crippen molar-refractivity contribution in [3.8, 4) is 0 Å². The van der Waals surface area contributed by atoms with Gasteiger partial charge >= 0.3 is 18.3 Å². The van der Waals surface area contributed by atoms with Crippen LogP contribution < -0.4 is 0 Å². The van der Waals surface area contributed by atoms with Crippen LogP contribution >= 0.6 is 15.9 Å². The zero-order valence-corrected chi connectivity index (χ0v) is 10.7. The third kappa shape index (κ3) is 3.40. The molecule has 0 spiro atoms. The maximum Gasteiger partial charge on any atom is 0.417 e. The van der Waals surface area contributed by atoms with E-state index in [4.69, 9.17) is 0 Å².